The third-order valence-electron chi connectivity index (χ3n) is 4.84. The maximum absolute atomic E-state index is 12.6. The number of methoxy groups -OCH3 is 1. The predicted molar refractivity (Wildman–Crippen MR) is 113 cm³/mol. The number of rotatable bonds is 5. The number of urea groups is 1. The normalized spacial score (nSPS) is 14.4. The average molecular weight is 400 g/mol. The van der Waals surface area contributed by atoms with Crippen LogP contribution in [0.15, 0.2) is 53.4 Å². The number of hydrogen-bond acceptors (Lipinski definition) is 4. The standard InChI is InChI=1S/C21H25N3O3S/c1-27-19-9-4-3-8-18(19)23-20(25)15-10-12-24(13-11-15)21(26)22-16-6-5-7-17(14-16)28-2/h3-9,14-15H,10-13H2,1-2H3,(H,22,26)(H,23,25). The maximum atomic E-state index is 12.6. The first-order valence-corrected chi connectivity index (χ1v) is 10.5. The Morgan fingerprint density at radius 2 is 1.82 bits per heavy atom. The zero-order valence-corrected chi connectivity index (χ0v) is 16.9. The van der Waals surface area contributed by atoms with Crippen LogP contribution in [0.3, 0.4) is 0 Å². The van der Waals surface area contributed by atoms with Crippen molar-refractivity contribution in [1.82, 2.24) is 4.90 Å². The molecule has 3 rings (SSSR count). The Bertz CT molecular complexity index is 835. The molecule has 0 saturated carbocycles. The van der Waals surface area contributed by atoms with E-state index in [1.165, 1.54) is 0 Å². The van der Waals surface area contributed by atoms with Gasteiger partial charge in [0.2, 0.25) is 5.91 Å². The van der Waals surface area contributed by atoms with E-state index in [9.17, 15) is 9.59 Å². The highest BCUT2D eigenvalue weighted by atomic mass is 32.2. The Kier molecular flexibility index (Phi) is 6.81. The number of nitrogens with one attached hydrogen (secondary N) is 2. The molecule has 1 saturated heterocycles. The molecule has 1 heterocycles. The molecule has 3 amide bonds. The van der Waals surface area contributed by atoms with E-state index in [0.29, 0.717) is 37.4 Å². The van der Waals surface area contributed by atoms with Gasteiger partial charge in [-0.15, -0.1) is 11.8 Å². The zero-order chi connectivity index (χ0) is 19.9. The molecule has 0 aliphatic carbocycles. The van der Waals surface area contributed by atoms with E-state index < -0.39 is 0 Å². The minimum Gasteiger partial charge on any atom is -0.495 e. The minimum absolute atomic E-state index is 0.0303. The van der Waals surface area contributed by atoms with Crippen LogP contribution in [0.5, 0.6) is 5.75 Å². The van der Waals surface area contributed by atoms with Gasteiger partial charge < -0.3 is 20.3 Å². The lowest BCUT2D eigenvalue weighted by Gasteiger charge is -2.31. The summed E-state index contributed by atoms with van der Waals surface area (Å²) in [6.45, 7) is 1.11. The van der Waals surface area contributed by atoms with Gasteiger partial charge in [0, 0.05) is 29.6 Å². The van der Waals surface area contributed by atoms with Crippen LogP contribution in [-0.4, -0.2) is 43.3 Å². The van der Waals surface area contributed by atoms with Crippen LogP contribution >= 0.6 is 11.8 Å². The fourth-order valence-corrected chi connectivity index (χ4v) is 3.69. The Hall–Kier alpha value is -2.67. The molecule has 1 aliphatic heterocycles. The monoisotopic (exact) mass is 399 g/mol. The number of hydrogen-bond donors (Lipinski definition) is 2. The van der Waals surface area contributed by atoms with Crippen LogP contribution in [0.25, 0.3) is 0 Å². The molecule has 7 heteroatoms. The minimum atomic E-state index is -0.123. The predicted octanol–water partition coefficient (Wildman–Crippen LogP) is 4.30. The molecule has 2 N–H and O–H groups in total. The van der Waals surface area contributed by atoms with Gasteiger partial charge >= 0.3 is 6.03 Å². The van der Waals surface area contributed by atoms with Crippen molar-refractivity contribution >= 4 is 35.1 Å². The highest BCUT2D eigenvalue weighted by Crippen LogP contribution is 2.26. The lowest BCUT2D eigenvalue weighted by atomic mass is 9.96. The number of likely N-dealkylation sites (tertiary alicyclic amines) is 1. The number of benzene rings is 2. The summed E-state index contributed by atoms with van der Waals surface area (Å²) in [5, 5.41) is 5.88. The van der Waals surface area contributed by atoms with Gasteiger partial charge in [-0.2, -0.15) is 0 Å². The Morgan fingerprint density at radius 3 is 2.54 bits per heavy atom. The van der Waals surface area contributed by atoms with Crippen molar-refractivity contribution in [2.45, 2.75) is 17.7 Å². The first-order chi connectivity index (χ1) is 13.6. The number of nitrogens with zero attached hydrogens (tertiary/aromatic N) is 1. The summed E-state index contributed by atoms with van der Waals surface area (Å²) >= 11 is 1.63. The SMILES string of the molecule is COc1ccccc1NC(=O)C1CCN(C(=O)Nc2cccc(SC)c2)CC1. The fraction of sp³-hybridized carbons (Fsp3) is 0.333. The van der Waals surface area contributed by atoms with Gasteiger partial charge in [0.05, 0.1) is 12.8 Å². The first-order valence-electron chi connectivity index (χ1n) is 9.24. The summed E-state index contributed by atoms with van der Waals surface area (Å²) in [5.41, 5.74) is 1.46. The second-order valence-corrected chi connectivity index (χ2v) is 7.49. The maximum Gasteiger partial charge on any atom is 0.321 e. The van der Waals surface area contributed by atoms with Gasteiger partial charge in [-0.05, 0) is 49.4 Å². The fourth-order valence-electron chi connectivity index (χ4n) is 3.23. The Morgan fingerprint density at radius 1 is 1.07 bits per heavy atom. The van der Waals surface area contributed by atoms with Crippen LogP contribution in [0, 0.1) is 5.92 Å². The number of para-hydroxylation sites is 2. The van der Waals surface area contributed by atoms with Gasteiger partial charge in [-0.25, -0.2) is 4.79 Å². The van der Waals surface area contributed by atoms with Crippen LogP contribution in [-0.2, 0) is 4.79 Å². The largest absolute Gasteiger partial charge is 0.495 e. The third-order valence-corrected chi connectivity index (χ3v) is 5.56. The molecule has 2 aromatic rings. The van der Waals surface area contributed by atoms with E-state index in [1.807, 2.05) is 54.8 Å². The van der Waals surface area contributed by atoms with Crippen LogP contribution < -0.4 is 15.4 Å². The molecule has 0 atom stereocenters. The summed E-state index contributed by atoms with van der Waals surface area (Å²) in [4.78, 5) is 28.0. The van der Waals surface area contributed by atoms with Crippen molar-refractivity contribution in [2.75, 3.05) is 37.1 Å². The topological polar surface area (TPSA) is 70.7 Å². The zero-order valence-electron chi connectivity index (χ0n) is 16.1. The molecule has 0 aromatic heterocycles. The highest BCUT2D eigenvalue weighted by molar-refractivity contribution is 7.98. The summed E-state index contributed by atoms with van der Waals surface area (Å²) in [5.74, 6) is 0.492. The van der Waals surface area contributed by atoms with Gasteiger partial charge in [0.1, 0.15) is 5.75 Å². The number of amides is 3. The molecule has 148 valence electrons. The second kappa shape index (κ2) is 9.50. The number of ether oxygens (including phenoxy) is 1. The smallest absolute Gasteiger partial charge is 0.321 e. The Balaban J connectivity index is 1.52. The van der Waals surface area contributed by atoms with Gasteiger partial charge in [-0.3, -0.25) is 4.79 Å². The van der Waals surface area contributed by atoms with Crippen LogP contribution in [0.4, 0.5) is 16.2 Å². The van der Waals surface area contributed by atoms with E-state index in [4.69, 9.17) is 4.74 Å². The van der Waals surface area contributed by atoms with Gasteiger partial charge in [-0.1, -0.05) is 18.2 Å². The molecule has 2 aromatic carbocycles. The lowest BCUT2D eigenvalue weighted by molar-refractivity contribution is -0.121. The number of anilines is 2. The molecule has 0 radical (unpaired) electrons. The number of carbonyl (C=O) groups excluding carboxylic acids is 2. The number of piperidine rings is 1. The van der Waals surface area contributed by atoms with Crippen molar-refractivity contribution in [3.63, 3.8) is 0 Å². The average Bonchev–Trinajstić information content (AvgIpc) is 2.74. The summed E-state index contributed by atoms with van der Waals surface area (Å²) < 4.78 is 5.28. The third kappa shape index (κ3) is 4.98. The van der Waals surface area contributed by atoms with E-state index in [1.54, 1.807) is 23.8 Å². The molecular formula is C21H25N3O3S. The lowest BCUT2D eigenvalue weighted by Crippen LogP contribution is -2.43. The van der Waals surface area contributed by atoms with Gasteiger partial charge in [0.25, 0.3) is 0 Å². The van der Waals surface area contributed by atoms with Crippen molar-refractivity contribution in [2.24, 2.45) is 5.92 Å². The van der Waals surface area contributed by atoms with E-state index in [-0.39, 0.29) is 17.9 Å². The van der Waals surface area contributed by atoms with Crippen molar-refractivity contribution in [3.8, 4) is 5.75 Å². The molecule has 0 bridgehead atoms. The number of thioether (sulfide) groups is 1. The summed E-state index contributed by atoms with van der Waals surface area (Å²) in [6, 6.07) is 15.0. The molecule has 0 unspecified atom stereocenters. The molecule has 1 fully saturated rings. The summed E-state index contributed by atoms with van der Waals surface area (Å²) in [6.07, 6.45) is 3.28. The molecular weight excluding hydrogens is 374 g/mol. The molecule has 6 nitrogen and oxygen atoms in total. The van der Waals surface area contributed by atoms with E-state index >= 15 is 0 Å². The molecule has 1 aliphatic rings. The van der Waals surface area contributed by atoms with E-state index in [0.717, 1.165) is 10.6 Å². The highest BCUT2D eigenvalue weighted by Gasteiger charge is 2.27. The second-order valence-electron chi connectivity index (χ2n) is 6.61. The van der Waals surface area contributed by atoms with Crippen molar-refractivity contribution < 1.29 is 14.3 Å². The number of carbonyl (C=O) groups is 2. The van der Waals surface area contributed by atoms with Crippen molar-refractivity contribution in [1.29, 1.82) is 0 Å². The quantitative estimate of drug-likeness (QED) is 0.736. The molecule has 28 heavy (non-hydrogen) atoms. The van der Waals surface area contributed by atoms with Crippen LogP contribution in [0.1, 0.15) is 12.8 Å². The summed E-state index contributed by atoms with van der Waals surface area (Å²) in [7, 11) is 1.58. The van der Waals surface area contributed by atoms with Crippen LogP contribution in [0.2, 0.25) is 0 Å². The van der Waals surface area contributed by atoms with Gasteiger partial charge in [0.15, 0.2) is 0 Å². The van der Waals surface area contributed by atoms with E-state index in [2.05, 4.69) is 10.6 Å². The first kappa shape index (κ1) is 20.1. The Labute approximate surface area is 169 Å². The molecule has 0 spiro atoms. The van der Waals surface area contributed by atoms with Crippen molar-refractivity contribution in [3.05, 3.63) is 48.5 Å².